The first kappa shape index (κ1) is 34.8. The molecule has 2 saturated heterocycles. The molecule has 4 heterocycles. The van der Waals surface area contributed by atoms with E-state index < -0.39 is 33.3 Å². The fraction of sp³-hybridized carbons (Fsp3) is 0.324. The summed E-state index contributed by atoms with van der Waals surface area (Å²) in [6.45, 7) is 3.60. The van der Waals surface area contributed by atoms with Crippen molar-refractivity contribution in [1.82, 2.24) is 25.2 Å². The quantitative estimate of drug-likeness (QED) is 0.200. The number of imide groups is 1. The molecular formula is C34H35F3N8O4S. The van der Waals surface area contributed by atoms with E-state index in [1.807, 2.05) is 24.3 Å². The van der Waals surface area contributed by atoms with Gasteiger partial charge in [-0.3, -0.25) is 24.8 Å². The molecule has 0 saturated carbocycles. The lowest BCUT2D eigenvalue weighted by Crippen LogP contribution is -2.46. The lowest BCUT2D eigenvalue weighted by Gasteiger charge is -2.36. The minimum Gasteiger partial charge on any atom is -0.369 e. The first-order valence-corrected chi connectivity index (χ1v) is 17.8. The van der Waals surface area contributed by atoms with Crippen LogP contribution in [-0.4, -0.2) is 72.5 Å². The van der Waals surface area contributed by atoms with E-state index >= 15 is 0 Å². The summed E-state index contributed by atoms with van der Waals surface area (Å²) in [6.07, 6.45) is -0.540. The van der Waals surface area contributed by atoms with Gasteiger partial charge in [0.1, 0.15) is 11.4 Å². The number of benzene rings is 2. The normalized spacial score (nSPS) is 17.4. The van der Waals surface area contributed by atoms with Gasteiger partial charge in [0.2, 0.25) is 17.8 Å². The topological polar surface area (TPSA) is 150 Å². The molecule has 0 bridgehead atoms. The van der Waals surface area contributed by atoms with E-state index in [1.165, 1.54) is 18.2 Å². The third kappa shape index (κ3) is 8.37. The molecule has 262 valence electrons. The van der Waals surface area contributed by atoms with Crippen molar-refractivity contribution in [1.29, 1.82) is 0 Å². The Morgan fingerprint density at radius 1 is 0.980 bits per heavy atom. The number of rotatable bonds is 10. The Morgan fingerprint density at radius 2 is 1.74 bits per heavy atom. The molecule has 16 heteroatoms. The number of anilines is 4. The van der Waals surface area contributed by atoms with E-state index in [2.05, 4.69) is 40.7 Å². The number of piperazine rings is 1. The Kier molecular flexibility index (Phi) is 10.0. The molecule has 12 nitrogen and oxygen atoms in total. The average molecular weight is 709 g/mol. The first-order valence-electron chi connectivity index (χ1n) is 15.9. The van der Waals surface area contributed by atoms with Crippen LogP contribution in [0.1, 0.15) is 41.1 Å². The number of sulfone groups is 1. The predicted octanol–water partition coefficient (Wildman–Crippen LogP) is 4.49. The second-order valence-electron chi connectivity index (χ2n) is 12.2. The summed E-state index contributed by atoms with van der Waals surface area (Å²) in [7, 11) is -3.48. The fourth-order valence-electron chi connectivity index (χ4n) is 6.00. The van der Waals surface area contributed by atoms with Crippen LogP contribution in [0.5, 0.6) is 0 Å². The van der Waals surface area contributed by atoms with Crippen LogP contribution in [-0.2, 0) is 38.7 Å². The number of carbonyl (C=O) groups is 2. The van der Waals surface area contributed by atoms with Gasteiger partial charge >= 0.3 is 6.18 Å². The van der Waals surface area contributed by atoms with Gasteiger partial charge in [0.15, 0.2) is 9.84 Å². The number of nitrogens with one attached hydrogen (secondary N) is 3. The molecule has 2 amide bonds. The van der Waals surface area contributed by atoms with Gasteiger partial charge < -0.3 is 15.5 Å². The number of pyridine rings is 1. The molecule has 0 radical (unpaired) electrons. The number of aromatic nitrogens is 3. The maximum absolute atomic E-state index is 13.8. The van der Waals surface area contributed by atoms with Crippen LogP contribution in [0.15, 0.2) is 78.0 Å². The van der Waals surface area contributed by atoms with Crippen LogP contribution in [0.25, 0.3) is 0 Å². The Labute approximate surface area is 287 Å². The molecule has 2 fully saturated rings. The lowest BCUT2D eigenvalue weighted by atomic mass is 9.91. The smallest absolute Gasteiger partial charge is 0.369 e. The lowest BCUT2D eigenvalue weighted by molar-refractivity contribution is -0.137. The monoisotopic (exact) mass is 708 g/mol. The van der Waals surface area contributed by atoms with E-state index in [0.29, 0.717) is 42.5 Å². The summed E-state index contributed by atoms with van der Waals surface area (Å²) in [5, 5.41) is 8.07. The van der Waals surface area contributed by atoms with E-state index in [1.54, 1.807) is 24.4 Å². The number of nitrogens with zero attached hydrogens (tertiary/aromatic N) is 5. The molecule has 0 aliphatic carbocycles. The predicted molar refractivity (Wildman–Crippen MR) is 180 cm³/mol. The van der Waals surface area contributed by atoms with Gasteiger partial charge in [0.25, 0.3) is 0 Å². The van der Waals surface area contributed by atoms with Gasteiger partial charge in [0.05, 0.1) is 16.5 Å². The summed E-state index contributed by atoms with van der Waals surface area (Å²) >= 11 is 0. The maximum Gasteiger partial charge on any atom is 0.421 e. The van der Waals surface area contributed by atoms with Gasteiger partial charge in [-0.15, -0.1) is 0 Å². The highest BCUT2D eigenvalue weighted by atomic mass is 32.2. The Balaban J connectivity index is 1.07. The molecule has 4 aromatic rings. The largest absolute Gasteiger partial charge is 0.421 e. The van der Waals surface area contributed by atoms with E-state index in [4.69, 9.17) is 0 Å². The molecule has 1 unspecified atom stereocenters. The average Bonchev–Trinajstić information content (AvgIpc) is 3.08. The SMILES string of the molecule is CS(=O)(=O)c1cccc(CNc2nc(Nc3ccc(N4CCN(Cc5cccnc5C5CCC(=O)NC5=O)CC4)cc3)ncc2C(F)(F)F)c1. The minimum atomic E-state index is -4.71. The van der Waals surface area contributed by atoms with Crippen molar-refractivity contribution < 1.29 is 31.2 Å². The molecule has 50 heavy (non-hydrogen) atoms. The standard InChI is InChI=1S/C34H35F3N8O4S/c1-50(48,49)26-6-2-4-22(18-26)19-39-31-28(34(35,36)37)20-40-33(43-31)41-24-7-9-25(10-8-24)45-16-14-44(15-17-45)21-23-5-3-13-38-30(23)27-11-12-29(46)42-32(27)47/h2-10,13,18,20,27H,11-12,14-17,19,21H2,1H3,(H,42,46,47)(H2,39,40,41,43). The highest BCUT2D eigenvalue weighted by Crippen LogP contribution is 2.35. The molecule has 0 spiro atoms. The number of hydrogen-bond donors (Lipinski definition) is 3. The van der Waals surface area contributed by atoms with Crippen molar-refractivity contribution in [2.24, 2.45) is 0 Å². The van der Waals surface area contributed by atoms with Gasteiger partial charge in [-0.1, -0.05) is 18.2 Å². The summed E-state index contributed by atoms with van der Waals surface area (Å²) in [5.74, 6) is -1.49. The highest BCUT2D eigenvalue weighted by molar-refractivity contribution is 7.90. The Bertz CT molecular complexity index is 1990. The number of amides is 2. The van der Waals surface area contributed by atoms with Crippen LogP contribution in [0.3, 0.4) is 0 Å². The van der Waals surface area contributed by atoms with Crippen LogP contribution in [0.4, 0.5) is 36.3 Å². The molecule has 2 aromatic carbocycles. The van der Waals surface area contributed by atoms with Crippen LogP contribution >= 0.6 is 0 Å². The molecule has 2 aliphatic heterocycles. The van der Waals surface area contributed by atoms with Gasteiger partial charge in [-0.2, -0.15) is 18.2 Å². The number of hydrogen-bond acceptors (Lipinski definition) is 11. The second kappa shape index (κ2) is 14.4. The van der Waals surface area contributed by atoms with Crippen molar-refractivity contribution in [2.45, 2.75) is 42.9 Å². The number of alkyl halides is 3. The summed E-state index contributed by atoms with van der Waals surface area (Å²) in [6, 6.07) is 17.2. The first-order chi connectivity index (χ1) is 23.8. The molecule has 6 rings (SSSR count). The van der Waals surface area contributed by atoms with E-state index in [0.717, 1.165) is 43.7 Å². The van der Waals surface area contributed by atoms with E-state index in [-0.39, 0.29) is 29.2 Å². The Morgan fingerprint density at radius 3 is 2.44 bits per heavy atom. The highest BCUT2D eigenvalue weighted by Gasteiger charge is 2.35. The molecule has 1 atom stereocenters. The van der Waals surface area contributed by atoms with Crippen LogP contribution < -0.4 is 20.9 Å². The third-order valence-corrected chi connectivity index (χ3v) is 9.74. The van der Waals surface area contributed by atoms with Crippen molar-refractivity contribution in [3.05, 3.63) is 95.4 Å². The van der Waals surface area contributed by atoms with Crippen molar-refractivity contribution >= 4 is 44.8 Å². The number of piperidine rings is 1. The van der Waals surface area contributed by atoms with Crippen molar-refractivity contribution in [2.75, 3.05) is 48.0 Å². The van der Waals surface area contributed by atoms with Crippen molar-refractivity contribution in [3.63, 3.8) is 0 Å². The van der Waals surface area contributed by atoms with Crippen LogP contribution in [0.2, 0.25) is 0 Å². The molecule has 2 aromatic heterocycles. The zero-order valence-electron chi connectivity index (χ0n) is 27.1. The molecule has 2 aliphatic rings. The van der Waals surface area contributed by atoms with Crippen LogP contribution in [0, 0.1) is 0 Å². The number of carbonyl (C=O) groups excluding carboxylic acids is 2. The summed E-state index contributed by atoms with van der Waals surface area (Å²) in [5.41, 5.74) is 2.66. The summed E-state index contributed by atoms with van der Waals surface area (Å²) in [4.78, 5) is 41.2. The zero-order valence-corrected chi connectivity index (χ0v) is 27.9. The van der Waals surface area contributed by atoms with Gasteiger partial charge in [-0.25, -0.2) is 13.4 Å². The Hall–Kier alpha value is -5.09. The van der Waals surface area contributed by atoms with Gasteiger partial charge in [0, 0.05) is 75.7 Å². The maximum atomic E-state index is 13.8. The minimum absolute atomic E-state index is 0.0428. The van der Waals surface area contributed by atoms with Gasteiger partial charge in [-0.05, 0) is 60.0 Å². The van der Waals surface area contributed by atoms with Crippen molar-refractivity contribution in [3.8, 4) is 0 Å². The third-order valence-electron chi connectivity index (χ3n) is 8.63. The zero-order chi connectivity index (χ0) is 35.5. The molecule has 3 N–H and O–H groups in total. The number of halogens is 3. The fourth-order valence-corrected chi connectivity index (χ4v) is 6.69. The molecular weight excluding hydrogens is 673 g/mol. The van der Waals surface area contributed by atoms with E-state index in [9.17, 15) is 31.2 Å². The second-order valence-corrected chi connectivity index (χ2v) is 14.2. The summed E-state index contributed by atoms with van der Waals surface area (Å²) < 4.78 is 65.1.